The highest BCUT2D eigenvalue weighted by Gasteiger charge is 2.02. The number of nitrogens with one attached hydrogen (secondary N) is 1. The number of halogens is 1. The molecular weight excluding hydrogens is 302 g/mol. The Bertz CT molecular complexity index is 538. The van der Waals surface area contributed by atoms with E-state index in [0.717, 1.165) is 16.6 Å². The number of pyridine rings is 1. The van der Waals surface area contributed by atoms with E-state index in [0.29, 0.717) is 11.5 Å². The third-order valence-electron chi connectivity index (χ3n) is 2.92. The molecule has 0 saturated heterocycles. The minimum Gasteiger partial charge on any atom is -0.396 e. The van der Waals surface area contributed by atoms with Crippen LogP contribution in [0.2, 0.25) is 0 Å². The first kappa shape index (κ1) is 13.9. The molecule has 19 heavy (non-hydrogen) atoms. The van der Waals surface area contributed by atoms with Crippen LogP contribution in [0.25, 0.3) is 0 Å². The van der Waals surface area contributed by atoms with Crippen LogP contribution in [0.15, 0.2) is 41.0 Å². The highest BCUT2D eigenvalue weighted by Crippen LogP contribution is 2.23. The predicted octanol–water partition coefficient (Wildman–Crippen LogP) is 4.51. The molecule has 0 aliphatic heterocycles. The van der Waals surface area contributed by atoms with Gasteiger partial charge in [-0.1, -0.05) is 25.5 Å². The molecule has 0 unspecified atom stereocenters. The number of aromatic nitrogens is 1. The normalized spacial score (nSPS) is 10.4. The molecule has 4 heteroatoms. The zero-order chi connectivity index (χ0) is 13.7. The molecular formula is C15H18BrN3. The number of hydrogen-bond donors (Lipinski definition) is 2. The van der Waals surface area contributed by atoms with Crippen molar-refractivity contribution in [2.75, 3.05) is 11.1 Å². The summed E-state index contributed by atoms with van der Waals surface area (Å²) in [5.41, 5.74) is 8.91. The Morgan fingerprint density at radius 3 is 2.63 bits per heavy atom. The lowest BCUT2D eigenvalue weighted by Gasteiger charge is -2.09. The quantitative estimate of drug-likeness (QED) is 0.852. The van der Waals surface area contributed by atoms with Gasteiger partial charge in [0.1, 0.15) is 0 Å². The number of aryl methyl sites for hydroxylation is 1. The number of benzene rings is 1. The van der Waals surface area contributed by atoms with Crippen molar-refractivity contribution in [2.45, 2.75) is 26.2 Å². The van der Waals surface area contributed by atoms with Crippen molar-refractivity contribution in [3.05, 3.63) is 46.6 Å². The van der Waals surface area contributed by atoms with Crippen LogP contribution in [0.3, 0.4) is 0 Å². The Balaban J connectivity index is 2.06. The molecule has 1 aromatic heterocycles. The van der Waals surface area contributed by atoms with Gasteiger partial charge in [0.2, 0.25) is 0 Å². The van der Waals surface area contributed by atoms with E-state index in [1.807, 2.05) is 6.07 Å². The predicted molar refractivity (Wildman–Crippen MR) is 84.7 cm³/mol. The van der Waals surface area contributed by atoms with Gasteiger partial charge < -0.3 is 11.1 Å². The number of unbranched alkanes of at least 4 members (excludes halogenated alkanes) is 1. The maximum Gasteiger partial charge on any atom is 0.153 e. The molecule has 3 nitrogen and oxygen atoms in total. The molecule has 1 heterocycles. The zero-order valence-electron chi connectivity index (χ0n) is 11.0. The van der Waals surface area contributed by atoms with Crippen LogP contribution in [0.1, 0.15) is 25.3 Å². The molecule has 0 aliphatic rings. The molecule has 0 spiro atoms. The van der Waals surface area contributed by atoms with Crippen LogP contribution in [0, 0.1) is 0 Å². The van der Waals surface area contributed by atoms with E-state index in [1.165, 1.54) is 18.4 Å². The van der Waals surface area contributed by atoms with Gasteiger partial charge in [-0.05, 0) is 52.5 Å². The molecule has 0 radical (unpaired) electrons. The molecule has 2 rings (SSSR count). The Hall–Kier alpha value is -1.55. The van der Waals surface area contributed by atoms with Gasteiger partial charge >= 0.3 is 0 Å². The number of nitrogens with zero attached hydrogens (tertiary/aromatic N) is 1. The Morgan fingerprint density at radius 1 is 1.26 bits per heavy atom. The van der Waals surface area contributed by atoms with Gasteiger partial charge in [-0.15, -0.1) is 0 Å². The van der Waals surface area contributed by atoms with E-state index in [4.69, 9.17) is 5.73 Å². The summed E-state index contributed by atoms with van der Waals surface area (Å²) < 4.78 is 0.880. The van der Waals surface area contributed by atoms with Gasteiger partial charge in [-0.2, -0.15) is 0 Å². The number of nitrogen functional groups attached to an aromatic ring is 1. The fourth-order valence-electron chi connectivity index (χ4n) is 1.83. The molecule has 0 aliphatic carbocycles. The van der Waals surface area contributed by atoms with Gasteiger partial charge in [0, 0.05) is 16.4 Å². The zero-order valence-corrected chi connectivity index (χ0v) is 12.6. The first-order valence-corrected chi connectivity index (χ1v) is 7.25. The number of hydrogen-bond acceptors (Lipinski definition) is 3. The third kappa shape index (κ3) is 3.96. The standard InChI is InChI=1S/C15H18BrN3/c1-2-3-4-11-5-7-13(8-6-11)19-15-14(17)9-12(16)10-18-15/h5-10H,2-4,17H2,1H3,(H,18,19). The molecule has 0 bridgehead atoms. The van der Waals surface area contributed by atoms with Gasteiger partial charge in [-0.25, -0.2) is 4.98 Å². The van der Waals surface area contributed by atoms with Crippen molar-refractivity contribution in [3.8, 4) is 0 Å². The van der Waals surface area contributed by atoms with Crippen LogP contribution >= 0.6 is 15.9 Å². The average Bonchev–Trinajstić information content (AvgIpc) is 2.41. The average molecular weight is 320 g/mol. The van der Waals surface area contributed by atoms with Crippen molar-refractivity contribution in [3.63, 3.8) is 0 Å². The van der Waals surface area contributed by atoms with E-state index in [-0.39, 0.29) is 0 Å². The van der Waals surface area contributed by atoms with Crippen molar-refractivity contribution < 1.29 is 0 Å². The Labute approximate surface area is 122 Å². The maximum absolute atomic E-state index is 5.91. The maximum atomic E-state index is 5.91. The molecule has 2 aromatic rings. The van der Waals surface area contributed by atoms with Gasteiger partial charge in [-0.3, -0.25) is 0 Å². The number of rotatable bonds is 5. The smallest absolute Gasteiger partial charge is 0.153 e. The second-order valence-electron chi connectivity index (χ2n) is 4.52. The van der Waals surface area contributed by atoms with Gasteiger partial charge in [0.05, 0.1) is 5.69 Å². The van der Waals surface area contributed by atoms with Gasteiger partial charge in [0.15, 0.2) is 5.82 Å². The number of nitrogens with two attached hydrogens (primary N) is 1. The van der Waals surface area contributed by atoms with Crippen molar-refractivity contribution in [1.82, 2.24) is 4.98 Å². The summed E-state index contributed by atoms with van der Waals surface area (Å²) in [5, 5.41) is 3.23. The summed E-state index contributed by atoms with van der Waals surface area (Å²) in [6.07, 6.45) is 5.32. The third-order valence-corrected chi connectivity index (χ3v) is 3.35. The topological polar surface area (TPSA) is 50.9 Å². The van der Waals surface area contributed by atoms with Crippen molar-refractivity contribution in [2.24, 2.45) is 0 Å². The van der Waals surface area contributed by atoms with Crippen LogP contribution < -0.4 is 11.1 Å². The summed E-state index contributed by atoms with van der Waals surface area (Å²) in [4.78, 5) is 4.26. The van der Waals surface area contributed by atoms with Crippen LogP contribution in [0.5, 0.6) is 0 Å². The monoisotopic (exact) mass is 319 g/mol. The summed E-state index contributed by atoms with van der Waals surface area (Å²) in [6, 6.07) is 10.3. The molecule has 3 N–H and O–H groups in total. The highest BCUT2D eigenvalue weighted by atomic mass is 79.9. The van der Waals surface area contributed by atoms with Gasteiger partial charge in [0.25, 0.3) is 0 Å². The molecule has 100 valence electrons. The van der Waals surface area contributed by atoms with E-state index in [1.54, 1.807) is 6.20 Å². The number of anilines is 3. The lowest BCUT2D eigenvalue weighted by atomic mass is 10.1. The summed E-state index contributed by atoms with van der Waals surface area (Å²) in [6.45, 7) is 2.21. The Morgan fingerprint density at radius 2 is 2.00 bits per heavy atom. The van der Waals surface area contributed by atoms with E-state index < -0.39 is 0 Å². The molecule has 0 atom stereocenters. The van der Waals surface area contributed by atoms with Crippen molar-refractivity contribution in [1.29, 1.82) is 0 Å². The first-order chi connectivity index (χ1) is 9.19. The van der Waals surface area contributed by atoms with Crippen molar-refractivity contribution >= 4 is 33.1 Å². The minimum absolute atomic E-state index is 0.629. The SMILES string of the molecule is CCCCc1ccc(Nc2ncc(Br)cc2N)cc1. The van der Waals surface area contributed by atoms with E-state index >= 15 is 0 Å². The second kappa shape index (κ2) is 6.57. The molecule has 0 saturated carbocycles. The Kier molecular flexibility index (Phi) is 4.80. The highest BCUT2D eigenvalue weighted by molar-refractivity contribution is 9.10. The van der Waals surface area contributed by atoms with E-state index in [9.17, 15) is 0 Å². The molecule has 0 amide bonds. The van der Waals surface area contributed by atoms with E-state index in [2.05, 4.69) is 57.4 Å². The van der Waals surface area contributed by atoms with Crippen LogP contribution in [-0.4, -0.2) is 4.98 Å². The minimum atomic E-state index is 0.629. The largest absolute Gasteiger partial charge is 0.396 e. The van der Waals surface area contributed by atoms with Crippen LogP contribution in [0.4, 0.5) is 17.2 Å². The lowest BCUT2D eigenvalue weighted by molar-refractivity contribution is 0.795. The molecule has 0 fully saturated rings. The lowest BCUT2D eigenvalue weighted by Crippen LogP contribution is -1.99. The fourth-order valence-corrected chi connectivity index (χ4v) is 2.18. The molecule has 1 aromatic carbocycles. The summed E-state index contributed by atoms with van der Waals surface area (Å²) >= 11 is 3.34. The van der Waals surface area contributed by atoms with Crippen LogP contribution in [-0.2, 0) is 6.42 Å². The summed E-state index contributed by atoms with van der Waals surface area (Å²) in [5.74, 6) is 0.685. The first-order valence-electron chi connectivity index (χ1n) is 6.46. The summed E-state index contributed by atoms with van der Waals surface area (Å²) in [7, 11) is 0. The fraction of sp³-hybridized carbons (Fsp3) is 0.267. The second-order valence-corrected chi connectivity index (χ2v) is 5.43.